The van der Waals surface area contributed by atoms with Gasteiger partial charge in [0.15, 0.2) is 0 Å². The van der Waals surface area contributed by atoms with Crippen LogP contribution in [0.3, 0.4) is 0 Å². The van der Waals surface area contributed by atoms with Crippen molar-refractivity contribution in [1.29, 1.82) is 0 Å². The molecule has 0 saturated heterocycles. The van der Waals surface area contributed by atoms with Gasteiger partial charge in [0.05, 0.1) is 5.92 Å². The van der Waals surface area contributed by atoms with E-state index in [1.165, 1.54) is 0 Å². The fraction of sp³-hybridized carbons (Fsp3) is 0.286. The first kappa shape index (κ1) is 13.8. The van der Waals surface area contributed by atoms with Crippen LogP contribution < -0.4 is 5.32 Å². The SMILES string of the molecule is Cc1cc(C(=O)NC2C=CC(C(=O)O)C2)ccc1Br. The molecule has 2 unspecified atom stereocenters. The van der Waals surface area contributed by atoms with Crippen LogP contribution in [0.25, 0.3) is 0 Å². The van der Waals surface area contributed by atoms with Gasteiger partial charge in [-0.05, 0) is 37.1 Å². The molecule has 1 aliphatic carbocycles. The van der Waals surface area contributed by atoms with Crippen LogP contribution in [0.5, 0.6) is 0 Å². The van der Waals surface area contributed by atoms with Crippen LogP contribution >= 0.6 is 15.9 Å². The Bertz CT molecular complexity index is 554. The third-order valence-electron chi connectivity index (χ3n) is 3.14. The van der Waals surface area contributed by atoms with Crippen molar-refractivity contribution in [3.05, 3.63) is 46.0 Å². The molecule has 1 amide bonds. The van der Waals surface area contributed by atoms with Crippen molar-refractivity contribution in [2.45, 2.75) is 19.4 Å². The Morgan fingerprint density at radius 3 is 2.68 bits per heavy atom. The third-order valence-corrected chi connectivity index (χ3v) is 4.03. The molecule has 4 nitrogen and oxygen atoms in total. The molecule has 19 heavy (non-hydrogen) atoms. The molecule has 1 aromatic rings. The molecule has 0 fully saturated rings. The number of benzene rings is 1. The molecule has 5 heteroatoms. The maximum atomic E-state index is 12.0. The number of carbonyl (C=O) groups is 2. The van der Waals surface area contributed by atoms with Crippen molar-refractivity contribution < 1.29 is 14.7 Å². The molecule has 0 saturated carbocycles. The predicted octanol–water partition coefficient (Wildman–Crippen LogP) is 2.52. The van der Waals surface area contributed by atoms with Crippen molar-refractivity contribution in [2.24, 2.45) is 5.92 Å². The van der Waals surface area contributed by atoms with Gasteiger partial charge in [0, 0.05) is 16.1 Å². The number of amides is 1. The van der Waals surface area contributed by atoms with Crippen LogP contribution in [-0.2, 0) is 4.79 Å². The molecule has 0 bridgehead atoms. The number of aliphatic carboxylic acids is 1. The van der Waals surface area contributed by atoms with E-state index in [0.29, 0.717) is 12.0 Å². The van der Waals surface area contributed by atoms with Crippen molar-refractivity contribution >= 4 is 27.8 Å². The lowest BCUT2D eigenvalue weighted by atomic mass is 10.1. The zero-order chi connectivity index (χ0) is 14.0. The smallest absolute Gasteiger partial charge is 0.310 e. The molecule has 0 aliphatic heterocycles. The summed E-state index contributed by atoms with van der Waals surface area (Å²) < 4.78 is 0.954. The first-order valence-electron chi connectivity index (χ1n) is 5.95. The lowest BCUT2D eigenvalue weighted by molar-refractivity contribution is -0.140. The normalized spacial score (nSPS) is 21.4. The zero-order valence-electron chi connectivity index (χ0n) is 10.4. The maximum Gasteiger partial charge on any atom is 0.310 e. The second-order valence-electron chi connectivity index (χ2n) is 4.61. The number of hydrogen-bond acceptors (Lipinski definition) is 2. The van der Waals surface area contributed by atoms with Gasteiger partial charge in [-0.2, -0.15) is 0 Å². The van der Waals surface area contributed by atoms with Crippen LogP contribution in [0, 0.1) is 12.8 Å². The summed E-state index contributed by atoms with van der Waals surface area (Å²) in [6.45, 7) is 1.91. The molecule has 0 radical (unpaired) electrons. The quantitative estimate of drug-likeness (QED) is 0.840. The van der Waals surface area contributed by atoms with Gasteiger partial charge in [0.2, 0.25) is 0 Å². The van der Waals surface area contributed by atoms with Gasteiger partial charge in [-0.3, -0.25) is 9.59 Å². The number of carboxylic acid groups (broad SMARTS) is 1. The second kappa shape index (κ2) is 5.57. The Morgan fingerprint density at radius 1 is 1.37 bits per heavy atom. The van der Waals surface area contributed by atoms with E-state index in [0.717, 1.165) is 10.0 Å². The van der Waals surface area contributed by atoms with Gasteiger partial charge < -0.3 is 10.4 Å². The summed E-state index contributed by atoms with van der Waals surface area (Å²) in [7, 11) is 0. The second-order valence-corrected chi connectivity index (χ2v) is 5.46. The average Bonchev–Trinajstić information content (AvgIpc) is 2.81. The van der Waals surface area contributed by atoms with Crippen LogP contribution in [0.1, 0.15) is 22.3 Å². The minimum atomic E-state index is -0.854. The Labute approximate surface area is 119 Å². The molecule has 2 N–H and O–H groups in total. The summed E-state index contributed by atoms with van der Waals surface area (Å²) in [5, 5.41) is 11.7. The van der Waals surface area contributed by atoms with E-state index < -0.39 is 11.9 Å². The highest BCUT2D eigenvalue weighted by Crippen LogP contribution is 2.20. The average molecular weight is 324 g/mol. The Morgan fingerprint density at radius 2 is 2.11 bits per heavy atom. The number of hydrogen-bond donors (Lipinski definition) is 2. The van der Waals surface area contributed by atoms with E-state index in [1.54, 1.807) is 24.3 Å². The van der Waals surface area contributed by atoms with Crippen LogP contribution in [-0.4, -0.2) is 23.0 Å². The van der Waals surface area contributed by atoms with E-state index in [4.69, 9.17) is 5.11 Å². The summed E-state index contributed by atoms with van der Waals surface area (Å²) in [6, 6.07) is 5.15. The third kappa shape index (κ3) is 3.23. The Hall–Kier alpha value is -1.62. The van der Waals surface area contributed by atoms with Gasteiger partial charge in [0.1, 0.15) is 0 Å². The van der Waals surface area contributed by atoms with Crippen molar-refractivity contribution in [3.8, 4) is 0 Å². The number of nitrogens with one attached hydrogen (secondary N) is 1. The van der Waals surface area contributed by atoms with E-state index in [-0.39, 0.29) is 11.9 Å². The molecular formula is C14H14BrNO3. The molecule has 1 aliphatic rings. The first-order valence-corrected chi connectivity index (χ1v) is 6.75. The van der Waals surface area contributed by atoms with E-state index in [9.17, 15) is 9.59 Å². The van der Waals surface area contributed by atoms with Gasteiger partial charge in [0.25, 0.3) is 5.91 Å². The highest BCUT2D eigenvalue weighted by Gasteiger charge is 2.25. The zero-order valence-corrected chi connectivity index (χ0v) is 12.0. The summed E-state index contributed by atoms with van der Waals surface area (Å²) >= 11 is 3.38. The Kier molecular flexibility index (Phi) is 4.04. The lowest BCUT2D eigenvalue weighted by Gasteiger charge is -2.12. The summed E-state index contributed by atoms with van der Waals surface area (Å²) in [6.07, 6.45) is 3.78. The molecular weight excluding hydrogens is 310 g/mol. The van der Waals surface area contributed by atoms with Crippen LogP contribution in [0.2, 0.25) is 0 Å². The van der Waals surface area contributed by atoms with E-state index >= 15 is 0 Å². The monoisotopic (exact) mass is 323 g/mol. The topological polar surface area (TPSA) is 66.4 Å². The minimum absolute atomic E-state index is 0.184. The van der Waals surface area contributed by atoms with Gasteiger partial charge in [-0.1, -0.05) is 28.1 Å². The molecule has 100 valence electrons. The predicted molar refractivity (Wildman–Crippen MR) is 75.0 cm³/mol. The van der Waals surface area contributed by atoms with Gasteiger partial charge >= 0.3 is 5.97 Å². The number of carbonyl (C=O) groups excluding carboxylic acids is 1. The van der Waals surface area contributed by atoms with Crippen molar-refractivity contribution in [3.63, 3.8) is 0 Å². The first-order chi connectivity index (χ1) is 8.97. The summed E-state index contributed by atoms with van der Waals surface area (Å²) in [5.41, 5.74) is 1.56. The van der Waals surface area contributed by atoms with E-state index in [1.807, 2.05) is 13.0 Å². The standard InChI is InChI=1S/C14H14BrNO3/c1-8-6-9(3-5-12(8)15)13(17)16-11-4-2-10(7-11)14(18)19/h2-6,10-11H,7H2,1H3,(H,16,17)(H,18,19). The highest BCUT2D eigenvalue weighted by atomic mass is 79.9. The number of carboxylic acids is 1. The molecule has 0 spiro atoms. The summed E-state index contributed by atoms with van der Waals surface area (Å²) in [5.74, 6) is -1.54. The van der Waals surface area contributed by atoms with Crippen LogP contribution in [0.15, 0.2) is 34.8 Å². The van der Waals surface area contributed by atoms with Crippen molar-refractivity contribution in [1.82, 2.24) is 5.32 Å². The largest absolute Gasteiger partial charge is 0.481 e. The minimum Gasteiger partial charge on any atom is -0.481 e. The van der Waals surface area contributed by atoms with Gasteiger partial charge in [-0.15, -0.1) is 0 Å². The van der Waals surface area contributed by atoms with E-state index in [2.05, 4.69) is 21.2 Å². The molecule has 2 rings (SSSR count). The molecule has 2 atom stereocenters. The maximum absolute atomic E-state index is 12.0. The molecule has 0 aromatic heterocycles. The number of rotatable bonds is 3. The van der Waals surface area contributed by atoms with Crippen LogP contribution in [0.4, 0.5) is 0 Å². The van der Waals surface area contributed by atoms with Gasteiger partial charge in [-0.25, -0.2) is 0 Å². The fourth-order valence-corrected chi connectivity index (χ4v) is 2.27. The lowest BCUT2D eigenvalue weighted by Crippen LogP contribution is -2.33. The highest BCUT2D eigenvalue weighted by molar-refractivity contribution is 9.10. The molecule has 1 aromatic carbocycles. The Balaban J connectivity index is 2.00. The van der Waals surface area contributed by atoms with Crippen molar-refractivity contribution in [2.75, 3.05) is 0 Å². The fourth-order valence-electron chi connectivity index (χ4n) is 2.03. The number of halogens is 1. The molecule has 0 heterocycles. The number of aryl methyl sites for hydroxylation is 1. The summed E-state index contributed by atoms with van der Waals surface area (Å²) in [4.78, 5) is 22.8.